The quantitative estimate of drug-likeness (QED) is 0.274. The minimum absolute atomic E-state index is 0.0140. The zero-order valence-corrected chi connectivity index (χ0v) is 19.7. The summed E-state index contributed by atoms with van der Waals surface area (Å²) in [6.07, 6.45) is 1.95. The van der Waals surface area contributed by atoms with Gasteiger partial charge in [-0.15, -0.1) is 10.2 Å². The number of benzene rings is 2. The van der Waals surface area contributed by atoms with Crippen molar-refractivity contribution in [3.63, 3.8) is 0 Å². The van der Waals surface area contributed by atoms with E-state index in [1.165, 1.54) is 11.8 Å². The van der Waals surface area contributed by atoms with Crippen molar-refractivity contribution >= 4 is 22.7 Å². The third kappa shape index (κ3) is 4.51. The molecule has 0 aliphatic carbocycles. The predicted octanol–water partition coefficient (Wildman–Crippen LogP) is 3.94. The molecular weight excluding hydrogens is 456 g/mol. The molecule has 0 spiro atoms. The molecule has 0 radical (unpaired) electrons. The molecule has 2 aromatic carbocycles. The van der Waals surface area contributed by atoms with Crippen molar-refractivity contribution in [1.29, 1.82) is 0 Å². The van der Waals surface area contributed by atoms with Gasteiger partial charge in [-0.3, -0.25) is 9.36 Å². The second kappa shape index (κ2) is 9.86. The molecule has 0 unspecified atom stereocenters. The predicted molar refractivity (Wildman–Crippen MR) is 127 cm³/mol. The van der Waals surface area contributed by atoms with E-state index >= 15 is 0 Å². The number of hydrogen-bond donors (Lipinski definition) is 0. The Kier molecular flexibility index (Phi) is 6.50. The third-order valence-corrected chi connectivity index (χ3v) is 6.62. The first-order valence-corrected chi connectivity index (χ1v) is 11.9. The van der Waals surface area contributed by atoms with Gasteiger partial charge in [0.15, 0.2) is 16.7 Å². The molecule has 176 valence electrons. The molecule has 10 heteroatoms. The number of aromatic nitrogens is 4. The van der Waals surface area contributed by atoms with Crippen molar-refractivity contribution in [3.05, 3.63) is 58.7 Å². The summed E-state index contributed by atoms with van der Waals surface area (Å²) in [7, 11) is 3.16. The molecule has 9 nitrogen and oxygen atoms in total. The van der Waals surface area contributed by atoms with Crippen LogP contribution in [0.15, 0.2) is 56.8 Å². The maximum Gasteiger partial charge on any atom is 0.262 e. The highest BCUT2D eigenvalue weighted by molar-refractivity contribution is 7.98. The molecule has 0 N–H and O–H groups in total. The summed E-state index contributed by atoms with van der Waals surface area (Å²) in [5, 5.41) is 9.54. The number of rotatable bonds is 8. The Morgan fingerprint density at radius 2 is 1.97 bits per heavy atom. The van der Waals surface area contributed by atoms with E-state index in [1.807, 2.05) is 24.3 Å². The fraction of sp³-hybridized carbons (Fsp3) is 0.333. The van der Waals surface area contributed by atoms with Crippen LogP contribution < -0.4 is 15.0 Å². The number of ether oxygens (including phenoxy) is 3. The van der Waals surface area contributed by atoms with E-state index in [9.17, 15) is 4.79 Å². The molecule has 0 bridgehead atoms. The molecule has 3 heterocycles. The van der Waals surface area contributed by atoms with Crippen molar-refractivity contribution < 1.29 is 18.6 Å². The van der Waals surface area contributed by atoms with Crippen LogP contribution in [0.4, 0.5) is 0 Å². The van der Waals surface area contributed by atoms with Crippen LogP contribution >= 0.6 is 11.8 Å². The van der Waals surface area contributed by atoms with Gasteiger partial charge in [0.2, 0.25) is 11.8 Å². The summed E-state index contributed by atoms with van der Waals surface area (Å²) in [4.78, 5) is 18.0. The Bertz CT molecular complexity index is 1360. The number of thioether (sulfide) groups is 1. The second-order valence-corrected chi connectivity index (χ2v) is 8.76. The Morgan fingerprint density at radius 1 is 1.12 bits per heavy atom. The average Bonchev–Trinajstić information content (AvgIpc) is 3.56. The summed E-state index contributed by atoms with van der Waals surface area (Å²) < 4.78 is 24.0. The van der Waals surface area contributed by atoms with Crippen LogP contribution in [-0.2, 0) is 17.0 Å². The van der Waals surface area contributed by atoms with Gasteiger partial charge in [-0.25, -0.2) is 4.98 Å². The van der Waals surface area contributed by atoms with Gasteiger partial charge < -0.3 is 18.6 Å². The minimum atomic E-state index is -0.0693. The van der Waals surface area contributed by atoms with Gasteiger partial charge in [0.25, 0.3) is 5.56 Å². The van der Waals surface area contributed by atoms with Crippen LogP contribution in [0.5, 0.6) is 11.5 Å². The Labute approximate surface area is 200 Å². The third-order valence-electron chi connectivity index (χ3n) is 5.66. The highest BCUT2D eigenvalue weighted by Gasteiger charge is 2.21. The molecule has 1 fully saturated rings. The number of methoxy groups -OCH3 is 2. The molecule has 1 saturated heterocycles. The smallest absolute Gasteiger partial charge is 0.262 e. The maximum atomic E-state index is 13.2. The highest BCUT2D eigenvalue weighted by Crippen LogP contribution is 2.32. The van der Waals surface area contributed by atoms with E-state index in [0.29, 0.717) is 51.6 Å². The summed E-state index contributed by atoms with van der Waals surface area (Å²) in [6, 6.07) is 12.8. The first kappa shape index (κ1) is 22.4. The molecule has 4 aromatic rings. The van der Waals surface area contributed by atoms with E-state index in [2.05, 4.69) is 10.2 Å². The maximum absolute atomic E-state index is 13.2. The van der Waals surface area contributed by atoms with Crippen molar-refractivity contribution in [2.75, 3.05) is 20.8 Å². The first-order chi connectivity index (χ1) is 16.7. The lowest BCUT2D eigenvalue weighted by Gasteiger charge is -2.16. The second-order valence-electron chi connectivity index (χ2n) is 7.82. The zero-order valence-electron chi connectivity index (χ0n) is 18.9. The lowest BCUT2D eigenvalue weighted by atomic mass is 10.2. The van der Waals surface area contributed by atoms with Crippen molar-refractivity contribution in [2.45, 2.75) is 36.4 Å². The summed E-state index contributed by atoms with van der Waals surface area (Å²) >= 11 is 1.39. The fourth-order valence-electron chi connectivity index (χ4n) is 3.93. The molecule has 1 atom stereocenters. The van der Waals surface area contributed by atoms with Crippen molar-refractivity contribution in [2.24, 2.45) is 0 Å². The Hall–Kier alpha value is -3.37. The number of fused-ring (bicyclic) bond motifs is 1. The molecule has 0 amide bonds. The van der Waals surface area contributed by atoms with Crippen LogP contribution in [0, 0.1) is 0 Å². The molecule has 1 aliphatic rings. The number of para-hydroxylation sites is 1. The Balaban J connectivity index is 1.40. The first-order valence-electron chi connectivity index (χ1n) is 10.9. The van der Waals surface area contributed by atoms with Gasteiger partial charge in [0.1, 0.15) is 0 Å². The zero-order chi connectivity index (χ0) is 23.5. The lowest BCUT2D eigenvalue weighted by Crippen LogP contribution is -2.28. The summed E-state index contributed by atoms with van der Waals surface area (Å²) in [6.45, 7) is 1.20. The molecule has 0 saturated carbocycles. The molecule has 2 aromatic heterocycles. The van der Waals surface area contributed by atoms with Gasteiger partial charge >= 0.3 is 0 Å². The van der Waals surface area contributed by atoms with Gasteiger partial charge in [-0.1, -0.05) is 23.9 Å². The van der Waals surface area contributed by atoms with Gasteiger partial charge in [-0.2, -0.15) is 0 Å². The summed E-state index contributed by atoms with van der Waals surface area (Å²) in [5.41, 5.74) is 1.32. The topological polar surface area (TPSA) is 102 Å². The van der Waals surface area contributed by atoms with E-state index in [0.717, 1.165) is 25.0 Å². The summed E-state index contributed by atoms with van der Waals surface area (Å²) in [5.74, 6) is 2.37. The van der Waals surface area contributed by atoms with Gasteiger partial charge in [-0.05, 0) is 43.2 Å². The number of hydrogen-bond acceptors (Lipinski definition) is 9. The van der Waals surface area contributed by atoms with Gasteiger partial charge in [0.05, 0.1) is 43.5 Å². The average molecular weight is 481 g/mol. The van der Waals surface area contributed by atoms with E-state index in [4.69, 9.17) is 23.6 Å². The standard InChI is InChI=1S/C24H24N4O5S/c1-30-19-10-9-15(12-20(19)31-2)22-27-26-21(33-22)14-34-24-25-18-8-4-3-7-17(18)23(29)28(24)13-16-6-5-11-32-16/h3-4,7-10,12,16H,5-6,11,13-14H2,1-2H3/t16-/m0/s1. The van der Waals surface area contributed by atoms with Gasteiger partial charge in [0, 0.05) is 12.2 Å². The lowest BCUT2D eigenvalue weighted by molar-refractivity contribution is 0.0937. The van der Waals surface area contributed by atoms with Crippen molar-refractivity contribution in [3.8, 4) is 23.0 Å². The SMILES string of the molecule is COc1ccc(-c2nnc(CSc3nc4ccccc4c(=O)n3C[C@@H]3CCCO3)o2)cc1OC. The Morgan fingerprint density at radius 3 is 2.76 bits per heavy atom. The monoisotopic (exact) mass is 480 g/mol. The van der Waals surface area contributed by atoms with E-state index in [1.54, 1.807) is 37.0 Å². The largest absolute Gasteiger partial charge is 0.493 e. The van der Waals surface area contributed by atoms with Crippen LogP contribution in [0.25, 0.3) is 22.4 Å². The normalized spacial score (nSPS) is 15.6. The van der Waals surface area contributed by atoms with Crippen molar-refractivity contribution in [1.82, 2.24) is 19.7 Å². The molecule has 34 heavy (non-hydrogen) atoms. The fourth-order valence-corrected chi connectivity index (χ4v) is 4.78. The van der Waals surface area contributed by atoms with Crippen LogP contribution in [-0.4, -0.2) is 46.7 Å². The van der Waals surface area contributed by atoms with E-state index in [-0.39, 0.29) is 11.7 Å². The van der Waals surface area contributed by atoms with Crippen LogP contribution in [0.2, 0.25) is 0 Å². The molecular formula is C24H24N4O5S. The highest BCUT2D eigenvalue weighted by atomic mass is 32.2. The van der Waals surface area contributed by atoms with E-state index < -0.39 is 0 Å². The van der Waals surface area contributed by atoms with Crippen LogP contribution in [0.3, 0.4) is 0 Å². The molecule has 5 rings (SSSR count). The minimum Gasteiger partial charge on any atom is -0.493 e. The van der Waals surface area contributed by atoms with Crippen LogP contribution in [0.1, 0.15) is 18.7 Å². The molecule has 1 aliphatic heterocycles. The number of nitrogens with zero attached hydrogens (tertiary/aromatic N) is 4.